The van der Waals surface area contributed by atoms with Gasteiger partial charge in [0.1, 0.15) is 9.84 Å². The molecule has 0 spiro atoms. The number of amides is 2. The van der Waals surface area contributed by atoms with Crippen LogP contribution in [0.15, 0.2) is 18.2 Å². The molecular formula is C17H22N4O3S. The molecule has 1 fully saturated rings. The number of nitrogens with zero attached hydrogens (tertiary/aromatic N) is 3. The minimum atomic E-state index is -2.94. The predicted molar refractivity (Wildman–Crippen MR) is 97.5 cm³/mol. The highest BCUT2D eigenvalue weighted by Crippen LogP contribution is 2.20. The topological polar surface area (TPSA) is 92.3 Å². The van der Waals surface area contributed by atoms with Crippen LogP contribution in [0.4, 0.5) is 10.5 Å². The number of hydrogen-bond donors (Lipinski definition) is 1. The number of anilines is 1. The van der Waals surface area contributed by atoms with Crippen LogP contribution in [0.25, 0.3) is 11.0 Å². The van der Waals surface area contributed by atoms with Crippen molar-refractivity contribution in [3.05, 3.63) is 29.6 Å². The number of carbonyl (C=O) groups is 1. The molecule has 1 saturated heterocycles. The fourth-order valence-electron chi connectivity index (χ4n) is 2.95. The van der Waals surface area contributed by atoms with Gasteiger partial charge in [-0.05, 0) is 44.9 Å². The molecule has 1 N–H and O–H groups in total. The molecule has 0 bridgehead atoms. The van der Waals surface area contributed by atoms with E-state index in [1.165, 1.54) is 0 Å². The van der Waals surface area contributed by atoms with E-state index in [-0.39, 0.29) is 23.6 Å². The van der Waals surface area contributed by atoms with Gasteiger partial charge in [-0.15, -0.1) is 0 Å². The molecule has 1 aromatic carbocycles. The van der Waals surface area contributed by atoms with Crippen LogP contribution in [-0.4, -0.2) is 53.9 Å². The van der Waals surface area contributed by atoms with Crippen molar-refractivity contribution in [2.45, 2.75) is 32.7 Å². The lowest BCUT2D eigenvalue weighted by Gasteiger charge is -2.31. The van der Waals surface area contributed by atoms with Crippen LogP contribution in [0, 0.1) is 13.8 Å². The number of aryl methyl sites for hydroxylation is 2. The fourth-order valence-corrected chi connectivity index (χ4v) is 4.42. The summed E-state index contributed by atoms with van der Waals surface area (Å²) in [4.78, 5) is 23.0. The summed E-state index contributed by atoms with van der Waals surface area (Å²) in [6.07, 6.45) is 0.960. The Kier molecular flexibility index (Phi) is 4.64. The number of fused-ring (bicyclic) bond motifs is 1. The molecule has 0 unspecified atom stereocenters. The van der Waals surface area contributed by atoms with Gasteiger partial charge in [-0.3, -0.25) is 0 Å². The van der Waals surface area contributed by atoms with Crippen molar-refractivity contribution >= 4 is 32.6 Å². The molecule has 2 heterocycles. The third-order valence-electron chi connectivity index (χ3n) is 4.72. The molecule has 1 aliphatic heterocycles. The van der Waals surface area contributed by atoms with E-state index in [1.807, 2.05) is 19.9 Å². The van der Waals surface area contributed by atoms with Crippen LogP contribution >= 0.6 is 0 Å². The quantitative estimate of drug-likeness (QED) is 0.885. The average Bonchev–Trinajstić information content (AvgIpc) is 2.55. The lowest BCUT2D eigenvalue weighted by atomic mass is 10.1. The van der Waals surface area contributed by atoms with Crippen LogP contribution in [0.5, 0.6) is 0 Å². The highest BCUT2D eigenvalue weighted by molar-refractivity contribution is 7.91. The first-order valence-corrected chi connectivity index (χ1v) is 10.1. The van der Waals surface area contributed by atoms with Gasteiger partial charge < -0.3 is 10.2 Å². The molecule has 1 aliphatic rings. The van der Waals surface area contributed by atoms with Gasteiger partial charge in [0.05, 0.1) is 33.9 Å². The van der Waals surface area contributed by atoms with Gasteiger partial charge in [0, 0.05) is 18.8 Å². The largest absolute Gasteiger partial charge is 0.325 e. The predicted octanol–water partition coefficient (Wildman–Crippen LogP) is 2.29. The molecule has 0 radical (unpaired) electrons. The Morgan fingerprint density at radius 2 is 1.72 bits per heavy atom. The minimum Gasteiger partial charge on any atom is -0.325 e. The Morgan fingerprint density at radius 1 is 1.12 bits per heavy atom. The minimum absolute atomic E-state index is 0.0614. The number of aromatic nitrogens is 2. The third-order valence-corrected chi connectivity index (χ3v) is 6.43. The van der Waals surface area contributed by atoms with Crippen molar-refractivity contribution in [1.29, 1.82) is 0 Å². The first-order chi connectivity index (χ1) is 11.7. The standard InChI is InChI=1S/C17H22N4O3S/c1-11-12(2)19-16-10-13(4-5-15(16)18-11)20-17(22)21(3)14-6-8-25(23,24)9-7-14/h4-5,10,14H,6-9H2,1-3H3,(H,20,22). The van der Waals surface area contributed by atoms with Crippen LogP contribution in [0.1, 0.15) is 24.2 Å². The number of hydrogen-bond acceptors (Lipinski definition) is 5. The van der Waals surface area contributed by atoms with Gasteiger partial charge in [0.2, 0.25) is 0 Å². The summed E-state index contributed by atoms with van der Waals surface area (Å²) in [7, 11) is -1.24. The molecule has 8 heteroatoms. The number of rotatable bonds is 2. The maximum Gasteiger partial charge on any atom is 0.321 e. The zero-order chi connectivity index (χ0) is 18.2. The normalized spacial score (nSPS) is 17.4. The summed E-state index contributed by atoms with van der Waals surface area (Å²) in [5.74, 6) is 0.277. The molecule has 1 aromatic heterocycles. The molecule has 25 heavy (non-hydrogen) atoms. The van der Waals surface area contributed by atoms with Crippen LogP contribution in [0.2, 0.25) is 0 Å². The van der Waals surface area contributed by atoms with E-state index in [0.717, 1.165) is 22.4 Å². The van der Waals surface area contributed by atoms with Crippen molar-refractivity contribution in [2.24, 2.45) is 0 Å². The molecular weight excluding hydrogens is 340 g/mol. The number of urea groups is 1. The Labute approximate surface area is 147 Å². The van der Waals surface area contributed by atoms with Gasteiger partial charge in [-0.1, -0.05) is 0 Å². The average molecular weight is 362 g/mol. The SMILES string of the molecule is Cc1nc2ccc(NC(=O)N(C)C3CCS(=O)(=O)CC3)cc2nc1C. The van der Waals surface area contributed by atoms with Crippen molar-refractivity contribution in [1.82, 2.24) is 14.9 Å². The number of carbonyl (C=O) groups excluding carboxylic acids is 1. The number of nitrogens with one attached hydrogen (secondary N) is 1. The van der Waals surface area contributed by atoms with Gasteiger partial charge in [0.15, 0.2) is 0 Å². The van der Waals surface area contributed by atoms with E-state index in [1.54, 1.807) is 24.1 Å². The van der Waals surface area contributed by atoms with Gasteiger partial charge in [-0.25, -0.2) is 23.2 Å². The fraction of sp³-hybridized carbons (Fsp3) is 0.471. The second-order valence-electron chi connectivity index (χ2n) is 6.52. The Morgan fingerprint density at radius 3 is 2.36 bits per heavy atom. The number of benzene rings is 1. The zero-order valence-electron chi connectivity index (χ0n) is 14.6. The van der Waals surface area contributed by atoms with Crippen LogP contribution in [0.3, 0.4) is 0 Å². The van der Waals surface area contributed by atoms with Crippen molar-refractivity contribution in [3.8, 4) is 0 Å². The Bertz CT molecular complexity index is 913. The van der Waals surface area contributed by atoms with Crippen LogP contribution in [-0.2, 0) is 9.84 Å². The van der Waals surface area contributed by atoms with E-state index in [2.05, 4.69) is 15.3 Å². The third kappa shape index (κ3) is 3.89. The summed E-state index contributed by atoms with van der Waals surface area (Å²) in [6.45, 7) is 3.81. The molecule has 134 valence electrons. The van der Waals surface area contributed by atoms with E-state index >= 15 is 0 Å². The first-order valence-electron chi connectivity index (χ1n) is 8.24. The molecule has 0 aliphatic carbocycles. The highest BCUT2D eigenvalue weighted by Gasteiger charge is 2.28. The summed E-state index contributed by atoms with van der Waals surface area (Å²) in [5, 5.41) is 2.86. The molecule has 0 saturated carbocycles. The summed E-state index contributed by atoms with van der Waals surface area (Å²) in [5.41, 5.74) is 3.90. The van der Waals surface area contributed by atoms with Crippen molar-refractivity contribution in [3.63, 3.8) is 0 Å². The Balaban J connectivity index is 1.72. The smallest absolute Gasteiger partial charge is 0.321 e. The lowest BCUT2D eigenvalue weighted by Crippen LogP contribution is -2.44. The summed E-state index contributed by atoms with van der Waals surface area (Å²) < 4.78 is 23.0. The lowest BCUT2D eigenvalue weighted by molar-refractivity contribution is 0.199. The summed E-state index contributed by atoms with van der Waals surface area (Å²) in [6, 6.07) is 5.11. The highest BCUT2D eigenvalue weighted by atomic mass is 32.2. The van der Waals surface area contributed by atoms with Gasteiger partial charge in [-0.2, -0.15) is 0 Å². The van der Waals surface area contributed by atoms with Gasteiger partial charge >= 0.3 is 6.03 Å². The number of sulfone groups is 1. The molecule has 0 atom stereocenters. The van der Waals surface area contributed by atoms with Gasteiger partial charge in [0.25, 0.3) is 0 Å². The van der Waals surface area contributed by atoms with Crippen LogP contribution < -0.4 is 5.32 Å². The molecule has 7 nitrogen and oxygen atoms in total. The van der Waals surface area contributed by atoms with E-state index in [9.17, 15) is 13.2 Å². The molecule has 2 amide bonds. The first kappa shape index (κ1) is 17.6. The maximum absolute atomic E-state index is 12.5. The summed E-state index contributed by atoms with van der Waals surface area (Å²) >= 11 is 0. The molecule has 2 aromatic rings. The van der Waals surface area contributed by atoms with Crippen molar-refractivity contribution < 1.29 is 13.2 Å². The van der Waals surface area contributed by atoms with E-state index < -0.39 is 9.84 Å². The van der Waals surface area contributed by atoms with E-state index in [0.29, 0.717) is 18.5 Å². The van der Waals surface area contributed by atoms with Crippen molar-refractivity contribution in [2.75, 3.05) is 23.9 Å². The zero-order valence-corrected chi connectivity index (χ0v) is 15.4. The Hall–Kier alpha value is -2.22. The molecule has 3 rings (SSSR count). The maximum atomic E-state index is 12.5. The monoisotopic (exact) mass is 362 g/mol. The second kappa shape index (κ2) is 6.59. The van der Waals surface area contributed by atoms with E-state index in [4.69, 9.17) is 0 Å². The second-order valence-corrected chi connectivity index (χ2v) is 8.83.